The molecule has 1 aliphatic heterocycles. The molecular weight excluding hydrogens is 342 g/mol. The molecule has 1 aliphatic rings. The third-order valence-electron chi connectivity index (χ3n) is 5.08. The minimum atomic E-state index is -0.283. The van der Waals surface area contributed by atoms with Gasteiger partial charge in [-0.15, -0.1) is 0 Å². The molecule has 2 N–H and O–H groups in total. The first-order chi connectivity index (χ1) is 13.1. The molecule has 0 radical (unpaired) electrons. The standard InChI is InChI=1S/C20H21N5O2/c21-18(26)15-6-8-24(9-7-15)20(27)16-10-17-19(22-11-16)25(13-23-17)12-14-4-2-1-3-5-14/h1-5,10-11,13,15H,6-9,12H2,(H2,21,26). The normalized spacial score (nSPS) is 15.2. The van der Waals surface area contributed by atoms with E-state index in [1.807, 2.05) is 22.8 Å². The maximum atomic E-state index is 12.8. The average molecular weight is 363 g/mol. The second kappa shape index (κ2) is 7.19. The number of primary amides is 1. The fraction of sp³-hybridized carbons (Fsp3) is 0.300. The van der Waals surface area contributed by atoms with Crippen LogP contribution in [0.5, 0.6) is 0 Å². The van der Waals surface area contributed by atoms with Crippen LogP contribution in [0.1, 0.15) is 28.8 Å². The lowest BCUT2D eigenvalue weighted by atomic mass is 9.96. The Labute approximate surface area is 156 Å². The SMILES string of the molecule is NC(=O)C1CCN(C(=O)c2cnc3c(c2)ncn3Cc2ccccc2)CC1. The summed E-state index contributed by atoms with van der Waals surface area (Å²) in [5, 5.41) is 0. The van der Waals surface area contributed by atoms with Crippen LogP contribution in [0.2, 0.25) is 0 Å². The van der Waals surface area contributed by atoms with Crippen molar-refractivity contribution in [2.75, 3.05) is 13.1 Å². The predicted molar refractivity (Wildman–Crippen MR) is 101 cm³/mol. The summed E-state index contributed by atoms with van der Waals surface area (Å²) in [6.45, 7) is 1.75. The Bertz CT molecular complexity index is 974. The molecule has 0 bridgehead atoms. The number of hydrogen-bond acceptors (Lipinski definition) is 4. The van der Waals surface area contributed by atoms with Gasteiger partial charge in [0.25, 0.3) is 5.91 Å². The third kappa shape index (κ3) is 3.53. The van der Waals surface area contributed by atoms with Crippen molar-refractivity contribution in [3.05, 3.63) is 60.0 Å². The second-order valence-corrected chi connectivity index (χ2v) is 6.89. The van der Waals surface area contributed by atoms with E-state index in [1.54, 1.807) is 23.5 Å². The minimum absolute atomic E-state index is 0.0788. The van der Waals surface area contributed by atoms with Gasteiger partial charge in [0.2, 0.25) is 5.91 Å². The maximum absolute atomic E-state index is 12.8. The summed E-state index contributed by atoms with van der Waals surface area (Å²) < 4.78 is 1.97. The highest BCUT2D eigenvalue weighted by molar-refractivity contribution is 5.96. The van der Waals surface area contributed by atoms with Gasteiger partial charge in [-0.1, -0.05) is 30.3 Å². The number of nitrogens with two attached hydrogens (primary N) is 1. The average Bonchev–Trinajstić information content (AvgIpc) is 3.10. The summed E-state index contributed by atoms with van der Waals surface area (Å²) in [7, 11) is 0. The molecule has 2 aromatic heterocycles. The molecule has 1 saturated heterocycles. The summed E-state index contributed by atoms with van der Waals surface area (Å²) in [6, 6.07) is 11.9. The molecule has 3 heterocycles. The molecule has 2 amide bonds. The molecule has 27 heavy (non-hydrogen) atoms. The van der Waals surface area contributed by atoms with Crippen LogP contribution >= 0.6 is 0 Å². The number of piperidine rings is 1. The van der Waals surface area contributed by atoms with Crippen LogP contribution < -0.4 is 5.73 Å². The van der Waals surface area contributed by atoms with E-state index in [4.69, 9.17) is 5.73 Å². The molecule has 0 spiro atoms. The molecule has 138 valence electrons. The largest absolute Gasteiger partial charge is 0.369 e. The lowest BCUT2D eigenvalue weighted by molar-refractivity contribution is -0.123. The fourth-order valence-corrected chi connectivity index (χ4v) is 3.51. The molecule has 4 rings (SSSR count). The third-order valence-corrected chi connectivity index (χ3v) is 5.08. The van der Waals surface area contributed by atoms with Crippen molar-refractivity contribution in [1.29, 1.82) is 0 Å². The van der Waals surface area contributed by atoms with E-state index >= 15 is 0 Å². The predicted octanol–water partition coefficient (Wildman–Crippen LogP) is 1.82. The topological polar surface area (TPSA) is 94.1 Å². The Morgan fingerprint density at radius 1 is 1.11 bits per heavy atom. The number of nitrogens with zero attached hydrogens (tertiary/aromatic N) is 4. The van der Waals surface area contributed by atoms with Crippen LogP contribution in [-0.4, -0.2) is 44.3 Å². The number of likely N-dealkylation sites (tertiary alicyclic amines) is 1. The molecule has 3 aromatic rings. The van der Waals surface area contributed by atoms with E-state index in [-0.39, 0.29) is 17.7 Å². The van der Waals surface area contributed by atoms with E-state index < -0.39 is 0 Å². The number of amides is 2. The Hall–Kier alpha value is -3.22. The van der Waals surface area contributed by atoms with Gasteiger partial charge < -0.3 is 15.2 Å². The van der Waals surface area contributed by atoms with Crippen LogP contribution in [0, 0.1) is 5.92 Å². The summed E-state index contributed by atoms with van der Waals surface area (Å²) in [5.74, 6) is -0.498. The Balaban J connectivity index is 1.51. The van der Waals surface area contributed by atoms with Gasteiger partial charge >= 0.3 is 0 Å². The van der Waals surface area contributed by atoms with Gasteiger partial charge in [-0.3, -0.25) is 9.59 Å². The smallest absolute Gasteiger partial charge is 0.255 e. The van der Waals surface area contributed by atoms with Crippen LogP contribution in [0.4, 0.5) is 0 Å². The number of aromatic nitrogens is 3. The molecule has 0 atom stereocenters. The number of pyridine rings is 1. The van der Waals surface area contributed by atoms with Crippen molar-refractivity contribution in [2.45, 2.75) is 19.4 Å². The molecule has 0 saturated carbocycles. The lowest BCUT2D eigenvalue weighted by Gasteiger charge is -2.30. The maximum Gasteiger partial charge on any atom is 0.255 e. The summed E-state index contributed by atoms with van der Waals surface area (Å²) >= 11 is 0. The highest BCUT2D eigenvalue weighted by atomic mass is 16.2. The van der Waals surface area contributed by atoms with Crippen molar-refractivity contribution in [3.63, 3.8) is 0 Å². The van der Waals surface area contributed by atoms with E-state index in [1.165, 1.54) is 0 Å². The zero-order valence-electron chi connectivity index (χ0n) is 14.9. The number of fused-ring (bicyclic) bond motifs is 1. The van der Waals surface area contributed by atoms with Crippen molar-refractivity contribution >= 4 is 23.0 Å². The molecule has 0 aliphatic carbocycles. The zero-order chi connectivity index (χ0) is 18.8. The Morgan fingerprint density at radius 3 is 2.56 bits per heavy atom. The number of carbonyl (C=O) groups excluding carboxylic acids is 2. The quantitative estimate of drug-likeness (QED) is 0.765. The lowest BCUT2D eigenvalue weighted by Crippen LogP contribution is -2.41. The Morgan fingerprint density at radius 2 is 1.85 bits per heavy atom. The number of imidazole rings is 1. The monoisotopic (exact) mass is 363 g/mol. The molecule has 0 unspecified atom stereocenters. The van der Waals surface area contributed by atoms with E-state index in [0.717, 1.165) is 11.2 Å². The van der Waals surface area contributed by atoms with Crippen molar-refractivity contribution in [1.82, 2.24) is 19.4 Å². The fourth-order valence-electron chi connectivity index (χ4n) is 3.51. The minimum Gasteiger partial charge on any atom is -0.369 e. The highest BCUT2D eigenvalue weighted by Gasteiger charge is 2.26. The van der Waals surface area contributed by atoms with Gasteiger partial charge in [0.15, 0.2) is 5.65 Å². The molecule has 1 aromatic carbocycles. The molecule has 7 nitrogen and oxygen atoms in total. The Kier molecular flexibility index (Phi) is 4.58. The van der Waals surface area contributed by atoms with E-state index in [0.29, 0.717) is 43.6 Å². The summed E-state index contributed by atoms with van der Waals surface area (Å²) in [5.41, 5.74) is 8.49. The number of carbonyl (C=O) groups is 2. The van der Waals surface area contributed by atoms with Crippen LogP contribution in [0.25, 0.3) is 11.2 Å². The van der Waals surface area contributed by atoms with Crippen LogP contribution in [0.15, 0.2) is 48.9 Å². The van der Waals surface area contributed by atoms with Crippen LogP contribution in [0.3, 0.4) is 0 Å². The van der Waals surface area contributed by atoms with E-state index in [9.17, 15) is 9.59 Å². The first-order valence-electron chi connectivity index (χ1n) is 9.05. The van der Waals surface area contributed by atoms with Gasteiger partial charge in [-0.2, -0.15) is 0 Å². The van der Waals surface area contributed by atoms with Crippen molar-refractivity contribution in [2.24, 2.45) is 11.7 Å². The number of hydrogen-bond donors (Lipinski definition) is 1. The molecule has 7 heteroatoms. The number of rotatable bonds is 4. The van der Waals surface area contributed by atoms with Crippen molar-refractivity contribution in [3.8, 4) is 0 Å². The van der Waals surface area contributed by atoms with Gasteiger partial charge in [0.1, 0.15) is 5.52 Å². The second-order valence-electron chi connectivity index (χ2n) is 6.89. The van der Waals surface area contributed by atoms with Gasteiger partial charge in [-0.05, 0) is 24.5 Å². The molecular formula is C20H21N5O2. The summed E-state index contributed by atoms with van der Waals surface area (Å²) in [4.78, 5) is 34.7. The van der Waals surface area contributed by atoms with E-state index in [2.05, 4.69) is 22.1 Å². The zero-order valence-corrected chi connectivity index (χ0v) is 14.9. The first-order valence-corrected chi connectivity index (χ1v) is 9.05. The highest BCUT2D eigenvalue weighted by Crippen LogP contribution is 2.20. The van der Waals surface area contributed by atoms with Gasteiger partial charge in [0.05, 0.1) is 18.4 Å². The summed E-state index contributed by atoms with van der Waals surface area (Å²) in [6.07, 6.45) is 4.58. The molecule has 1 fully saturated rings. The first kappa shape index (κ1) is 17.2. The number of benzene rings is 1. The van der Waals surface area contributed by atoms with Crippen molar-refractivity contribution < 1.29 is 9.59 Å². The van der Waals surface area contributed by atoms with Gasteiger partial charge in [-0.25, -0.2) is 9.97 Å². The van der Waals surface area contributed by atoms with Gasteiger partial charge in [0, 0.05) is 25.2 Å². The van der Waals surface area contributed by atoms with Crippen LogP contribution in [-0.2, 0) is 11.3 Å².